The predicted molar refractivity (Wildman–Crippen MR) is 178 cm³/mol. The Hall–Kier alpha value is -5.34. The normalized spacial score (nSPS) is 13.2. The lowest BCUT2D eigenvalue weighted by Gasteiger charge is -2.32. The summed E-state index contributed by atoms with van der Waals surface area (Å²) in [4.78, 5) is 2.54. The van der Waals surface area contributed by atoms with E-state index in [1.54, 1.807) is 0 Å². The third-order valence-corrected chi connectivity index (χ3v) is 8.88. The van der Waals surface area contributed by atoms with Crippen LogP contribution in [0.25, 0.3) is 66.0 Å². The van der Waals surface area contributed by atoms with Gasteiger partial charge >= 0.3 is 0 Å². The summed E-state index contributed by atoms with van der Waals surface area (Å²) in [7, 11) is 0. The standard InChI is InChI=1S/C40H27NO/c1-4-16-30-26(11-1)13-9-20-35(30)41(37-25-28-12-2-3-15-29(28)31-17-5-6-18-32(31)37)36-21-10-14-27-23-24-34-33-19-7-8-22-38(33)42-40(34)39(27)36/h1-8,10-19,21-25H,9,20H2. The van der Waals surface area contributed by atoms with Crippen LogP contribution in [-0.4, -0.2) is 0 Å². The highest BCUT2D eigenvalue weighted by molar-refractivity contribution is 6.21. The SMILES string of the molecule is C1=c2ccccc2=C(N(c2cc3ccccc3c3ccccc23)c2cccc3ccc4c5ccccc5oc4c23)CC1. The minimum atomic E-state index is 0.919. The maximum Gasteiger partial charge on any atom is 0.145 e. The van der Waals surface area contributed by atoms with Crippen molar-refractivity contribution < 1.29 is 4.42 Å². The molecule has 0 N–H and O–H groups in total. The third kappa shape index (κ3) is 3.39. The zero-order chi connectivity index (χ0) is 27.6. The molecule has 9 rings (SSSR count). The summed E-state index contributed by atoms with van der Waals surface area (Å²) < 4.78 is 6.66. The molecule has 2 heteroatoms. The molecule has 0 spiro atoms. The van der Waals surface area contributed by atoms with E-state index in [1.807, 2.05) is 6.07 Å². The van der Waals surface area contributed by atoms with E-state index >= 15 is 0 Å². The molecule has 0 amide bonds. The van der Waals surface area contributed by atoms with Crippen LogP contribution >= 0.6 is 0 Å². The van der Waals surface area contributed by atoms with Gasteiger partial charge in [0.25, 0.3) is 0 Å². The molecule has 42 heavy (non-hydrogen) atoms. The van der Waals surface area contributed by atoms with E-state index in [0.29, 0.717) is 0 Å². The fourth-order valence-electron chi connectivity index (χ4n) is 7.03. The fourth-order valence-corrected chi connectivity index (χ4v) is 7.03. The Morgan fingerprint density at radius 3 is 2.19 bits per heavy atom. The van der Waals surface area contributed by atoms with Gasteiger partial charge in [-0.05, 0) is 63.9 Å². The van der Waals surface area contributed by atoms with Crippen molar-refractivity contribution in [3.63, 3.8) is 0 Å². The van der Waals surface area contributed by atoms with Crippen molar-refractivity contribution >= 4 is 77.4 Å². The molecule has 0 saturated heterocycles. The van der Waals surface area contributed by atoms with E-state index in [1.165, 1.54) is 48.8 Å². The Morgan fingerprint density at radius 1 is 0.524 bits per heavy atom. The monoisotopic (exact) mass is 537 g/mol. The molecule has 0 unspecified atom stereocenters. The van der Waals surface area contributed by atoms with Crippen LogP contribution in [0.5, 0.6) is 0 Å². The van der Waals surface area contributed by atoms with Crippen LogP contribution in [0.4, 0.5) is 11.4 Å². The van der Waals surface area contributed by atoms with E-state index < -0.39 is 0 Å². The van der Waals surface area contributed by atoms with Gasteiger partial charge in [0.1, 0.15) is 11.2 Å². The molecule has 198 valence electrons. The fraction of sp³-hybridized carbons (Fsp3) is 0.0500. The van der Waals surface area contributed by atoms with E-state index in [9.17, 15) is 0 Å². The first-order valence-electron chi connectivity index (χ1n) is 14.7. The van der Waals surface area contributed by atoms with Crippen LogP contribution < -0.4 is 15.3 Å². The first-order valence-corrected chi connectivity index (χ1v) is 14.7. The third-order valence-electron chi connectivity index (χ3n) is 8.88. The van der Waals surface area contributed by atoms with Crippen molar-refractivity contribution in [3.8, 4) is 0 Å². The smallest absolute Gasteiger partial charge is 0.145 e. The zero-order valence-corrected chi connectivity index (χ0v) is 23.0. The number of hydrogen-bond donors (Lipinski definition) is 0. The van der Waals surface area contributed by atoms with E-state index in [4.69, 9.17) is 4.42 Å². The van der Waals surface area contributed by atoms with Gasteiger partial charge in [0, 0.05) is 32.5 Å². The number of fused-ring (bicyclic) bond motifs is 9. The van der Waals surface area contributed by atoms with Crippen molar-refractivity contribution in [3.05, 3.63) is 144 Å². The molecule has 8 aromatic rings. The summed E-state index contributed by atoms with van der Waals surface area (Å²) in [6.07, 6.45) is 4.32. The van der Waals surface area contributed by atoms with Gasteiger partial charge in [-0.25, -0.2) is 0 Å². The van der Waals surface area contributed by atoms with Crippen LogP contribution in [0.15, 0.2) is 138 Å². The molecule has 0 fully saturated rings. The summed E-state index contributed by atoms with van der Waals surface area (Å²) >= 11 is 0. The van der Waals surface area contributed by atoms with Crippen LogP contribution in [0.2, 0.25) is 0 Å². The Bertz CT molecular complexity index is 2480. The zero-order valence-electron chi connectivity index (χ0n) is 23.0. The summed E-state index contributed by atoms with van der Waals surface area (Å²) in [6.45, 7) is 0. The lowest BCUT2D eigenvalue weighted by atomic mass is 9.96. The Labute approximate surface area is 243 Å². The average molecular weight is 538 g/mol. The van der Waals surface area contributed by atoms with Crippen LogP contribution in [0.1, 0.15) is 12.8 Å². The van der Waals surface area contributed by atoms with Gasteiger partial charge in [0.05, 0.1) is 11.4 Å². The molecule has 0 atom stereocenters. The predicted octanol–water partition coefficient (Wildman–Crippen LogP) is 9.57. The molecule has 1 aromatic heterocycles. The van der Waals surface area contributed by atoms with Crippen LogP contribution in [0, 0.1) is 0 Å². The minimum absolute atomic E-state index is 0.919. The van der Waals surface area contributed by atoms with E-state index in [2.05, 4.69) is 138 Å². The summed E-state index contributed by atoms with van der Waals surface area (Å²) in [5, 5.41) is 12.2. The first kappa shape index (κ1) is 23.4. The van der Waals surface area contributed by atoms with Crippen LogP contribution in [-0.2, 0) is 0 Å². The van der Waals surface area contributed by atoms with E-state index in [0.717, 1.165) is 45.9 Å². The van der Waals surface area contributed by atoms with Gasteiger partial charge in [-0.3, -0.25) is 0 Å². The second-order valence-corrected chi connectivity index (χ2v) is 11.2. The molecule has 0 aliphatic heterocycles. The molecule has 0 bridgehead atoms. The number of para-hydroxylation sites is 1. The molecule has 1 aliphatic rings. The minimum Gasteiger partial charge on any atom is -0.455 e. The first-order chi connectivity index (χ1) is 20.8. The van der Waals surface area contributed by atoms with Crippen LogP contribution in [0.3, 0.4) is 0 Å². The lowest BCUT2D eigenvalue weighted by Crippen LogP contribution is -2.35. The van der Waals surface area contributed by atoms with Crippen molar-refractivity contribution in [2.75, 3.05) is 4.90 Å². The molecule has 0 saturated carbocycles. The number of nitrogens with zero attached hydrogens (tertiary/aromatic N) is 1. The second kappa shape index (κ2) is 9.09. The second-order valence-electron chi connectivity index (χ2n) is 11.2. The quantitative estimate of drug-likeness (QED) is 0.209. The molecule has 1 aliphatic carbocycles. The number of furan rings is 1. The van der Waals surface area contributed by atoms with Crippen molar-refractivity contribution in [1.29, 1.82) is 0 Å². The highest BCUT2D eigenvalue weighted by atomic mass is 16.3. The number of benzene rings is 7. The summed E-state index contributed by atoms with van der Waals surface area (Å²) in [6, 6.07) is 48.3. The highest BCUT2D eigenvalue weighted by Crippen LogP contribution is 2.45. The number of hydrogen-bond acceptors (Lipinski definition) is 2. The molecule has 7 aromatic carbocycles. The van der Waals surface area contributed by atoms with Crippen molar-refractivity contribution in [1.82, 2.24) is 0 Å². The maximum atomic E-state index is 6.66. The summed E-state index contributed by atoms with van der Waals surface area (Å²) in [5.74, 6) is 0. The Kier molecular flexibility index (Phi) is 5.06. The van der Waals surface area contributed by atoms with Gasteiger partial charge in [-0.1, -0.05) is 115 Å². The largest absolute Gasteiger partial charge is 0.455 e. The summed E-state index contributed by atoms with van der Waals surface area (Å²) in [5.41, 5.74) is 5.51. The molecule has 1 heterocycles. The highest BCUT2D eigenvalue weighted by Gasteiger charge is 2.24. The van der Waals surface area contributed by atoms with Gasteiger partial charge < -0.3 is 9.32 Å². The molecular weight excluding hydrogens is 510 g/mol. The lowest BCUT2D eigenvalue weighted by molar-refractivity contribution is 0.672. The molecule has 0 radical (unpaired) electrons. The van der Waals surface area contributed by atoms with E-state index in [-0.39, 0.29) is 0 Å². The number of rotatable bonds is 3. The molecular formula is C40H27NO. The van der Waals surface area contributed by atoms with Gasteiger partial charge in [-0.2, -0.15) is 0 Å². The van der Waals surface area contributed by atoms with Gasteiger partial charge in [0.2, 0.25) is 0 Å². The Morgan fingerprint density at radius 2 is 1.26 bits per heavy atom. The van der Waals surface area contributed by atoms with Gasteiger partial charge in [0.15, 0.2) is 0 Å². The van der Waals surface area contributed by atoms with Crippen molar-refractivity contribution in [2.24, 2.45) is 0 Å². The average Bonchev–Trinajstić information content (AvgIpc) is 3.44. The van der Waals surface area contributed by atoms with Crippen molar-refractivity contribution in [2.45, 2.75) is 12.8 Å². The van der Waals surface area contributed by atoms with Gasteiger partial charge in [-0.15, -0.1) is 0 Å². The number of anilines is 2. The topological polar surface area (TPSA) is 16.4 Å². The molecule has 2 nitrogen and oxygen atoms in total. The maximum absolute atomic E-state index is 6.66. The Balaban J connectivity index is 1.48.